The van der Waals surface area contributed by atoms with Gasteiger partial charge in [-0.3, -0.25) is 9.59 Å². The van der Waals surface area contributed by atoms with Gasteiger partial charge in [0.15, 0.2) is 0 Å². The van der Waals surface area contributed by atoms with Crippen LogP contribution >= 0.6 is 0 Å². The van der Waals surface area contributed by atoms with Crippen molar-refractivity contribution in [2.45, 2.75) is 56.6 Å². The van der Waals surface area contributed by atoms with Crippen molar-refractivity contribution in [3.63, 3.8) is 0 Å². The van der Waals surface area contributed by atoms with E-state index in [0.29, 0.717) is 30.8 Å². The van der Waals surface area contributed by atoms with Crippen molar-refractivity contribution in [2.75, 3.05) is 20.2 Å². The number of rotatable bonds is 12. The molecule has 1 saturated heterocycles. The van der Waals surface area contributed by atoms with Gasteiger partial charge >= 0.3 is 0 Å². The minimum absolute atomic E-state index is 0.115. The average Bonchev–Trinajstić information content (AvgIpc) is 3.55. The fraction of sp³-hybridized carbons (Fsp3) is 0.355. The highest BCUT2D eigenvalue weighted by Crippen LogP contribution is 2.22. The number of benzene rings is 3. The van der Waals surface area contributed by atoms with Crippen molar-refractivity contribution in [3.8, 4) is 5.75 Å². The van der Waals surface area contributed by atoms with E-state index in [0.717, 1.165) is 24.0 Å². The number of amides is 2. The van der Waals surface area contributed by atoms with Crippen LogP contribution in [-0.4, -0.2) is 55.7 Å². The van der Waals surface area contributed by atoms with Gasteiger partial charge in [0, 0.05) is 38.2 Å². The summed E-state index contributed by atoms with van der Waals surface area (Å²) in [6, 6.07) is 19.0. The Bertz CT molecular complexity index is 1440. The van der Waals surface area contributed by atoms with E-state index >= 15 is 0 Å². The minimum atomic E-state index is -3.51. The van der Waals surface area contributed by atoms with Crippen molar-refractivity contribution in [3.05, 3.63) is 95.3 Å². The summed E-state index contributed by atoms with van der Waals surface area (Å²) in [6.07, 6.45) is 2.22. The maximum absolute atomic E-state index is 13.5. The van der Waals surface area contributed by atoms with Gasteiger partial charge in [0.1, 0.15) is 17.6 Å². The van der Waals surface area contributed by atoms with Crippen molar-refractivity contribution >= 4 is 21.8 Å². The number of sulfonamides is 1. The van der Waals surface area contributed by atoms with Crippen molar-refractivity contribution < 1.29 is 27.1 Å². The number of methoxy groups -OCH3 is 1. The summed E-state index contributed by atoms with van der Waals surface area (Å²) in [7, 11) is -1.95. The zero-order valence-corrected chi connectivity index (χ0v) is 24.2. The SMILES string of the molecule is COc1ccccc1CNC(=O)[C@@H](C)N(Cc1ccc(F)cc1)C(=O)CCc1ccc(S(=O)(=O)N2CCCC2)cc1. The van der Waals surface area contributed by atoms with E-state index in [4.69, 9.17) is 4.74 Å². The van der Waals surface area contributed by atoms with E-state index in [-0.39, 0.29) is 42.0 Å². The quantitative estimate of drug-likeness (QED) is 0.345. The van der Waals surface area contributed by atoms with Crippen molar-refractivity contribution in [1.29, 1.82) is 0 Å². The molecule has 0 aliphatic carbocycles. The predicted octanol–water partition coefficient (Wildman–Crippen LogP) is 4.29. The molecule has 2 amide bonds. The second-order valence-electron chi connectivity index (χ2n) is 10.1. The van der Waals surface area contributed by atoms with Gasteiger partial charge in [-0.15, -0.1) is 0 Å². The number of halogens is 1. The summed E-state index contributed by atoms with van der Waals surface area (Å²) in [6.45, 7) is 3.10. The topological polar surface area (TPSA) is 96.0 Å². The number of nitrogens with one attached hydrogen (secondary N) is 1. The first-order valence-corrected chi connectivity index (χ1v) is 15.2. The van der Waals surface area contributed by atoms with E-state index in [2.05, 4.69) is 5.32 Å². The highest BCUT2D eigenvalue weighted by atomic mass is 32.2. The largest absolute Gasteiger partial charge is 0.496 e. The van der Waals surface area contributed by atoms with Crippen LogP contribution in [0.15, 0.2) is 77.7 Å². The Morgan fingerprint density at radius 2 is 1.61 bits per heavy atom. The number of nitrogens with zero attached hydrogens (tertiary/aromatic N) is 2. The first kappa shape index (κ1) is 30.2. The Morgan fingerprint density at radius 1 is 0.976 bits per heavy atom. The molecule has 3 aromatic rings. The molecule has 1 atom stereocenters. The van der Waals surface area contributed by atoms with Crippen LogP contribution < -0.4 is 10.1 Å². The lowest BCUT2D eigenvalue weighted by Crippen LogP contribution is -2.47. The number of carbonyl (C=O) groups is 2. The molecular weight excluding hydrogens is 545 g/mol. The summed E-state index contributed by atoms with van der Waals surface area (Å²) < 4.78 is 46.0. The van der Waals surface area contributed by atoms with Crippen molar-refractivity contribution in [1.82, 2.24) is 14.5 Å². The highest BCUT2D eigenvalue weighted by Gasteiger charge is 2.28. The van der Waals surface area contributed by atoms with E-state index in [9.17, 15) is 22.4 Å². The zero-order valence-electron chi connectivity index (χ0n) is 23.4. The third-order valence-corrected chi connectivity index (χ3v) is 9.25. The predicted molar refractivity (Wildman–Crippen MR) is 154 cm³/mol. The lowest BCUT2D eigenvalue weighted by molar-refractivity contribution is -0.140. The second kappa shape index (κ2) is 13.7. The minimum Gasteiger partial charge on any atom is -0.496 e. The molecule has 1 fully saturated rings. The number of hydrogen-bond acceptors (Lipinski definition) is 5. The molecule has 0 spiro atoms. The molecule has 0 radical (unpaired) electrons. The number of aryl methyl sites for hydroxylation is 1. The van der Waals surface area contributed by atoms with Crippen LogP contribution in [0.3, 0.4) is 0 Å². The normalized spacial score (nSPS) is 14.4. The molecule has 1 N–H and O–H groups in total. The van der Waals surface area contributed by atoms with Gasteiger partial charge in [-0.25, -0.2) is 12.8 Å². The third kappa shape index (κ3) is 7.71. The van der Waals surface area contributed by atoms with Crippen LogP contribution in [-0.2, 0) is 39.1 Å². The Hall–Kier alpha value is -3.76. The van der Waals surface area contributed by atoms with Gasteiger partial charge in [0.25, 0.3) is 0 Å². The maximum atomic E-state index is 13.5. The lowest BCUT2D eigenvalue weighted by atomic mass is 10.1. The molecule has 0 aromatic heterocycles. The Balaban J connectivity index is 1.43. The average molecular weight is 582 g/mol. The van der Waals surface area contributed by atoms with E-state index in [1.165, 1.54) is 21.3 Å². The number of hydrogen-bond donors (Lipinski definition) is 1. The number of carbonyl (C=O) groups excluding carboxylic acids is 2. The zero-order chi connectivity index (χ0) is 29.4. The first-order valence-electron chi connectivity index (χ1n) is 13.7. The first-order chi connectivity index (χ1) is 19.7. The maximum Gasteiger partial charge on any atom is 0.243 e. The number of para-hydroxylation sites is 1. The summed E-state index contributed by atoms with van der Waals surface area (Å²) in [5, 5.41) is 2.89. The van der Waals surface area contributed by atoms with Crippen LogP contribution in [0.1, 0.15) is 42.9 Å². The second-order valence-corrected chi connectivity index (χ2v) is 12.0. The molecule has 8 nitrogen and oxygen atoms in total. The van der Waals surface area contributed by atoms with Crippen LogP contribution in [0.4, 0.5) is 4.39 Å². The summed E-state index contributed by atoms with van der Waals surface area (Å²) in [5.74, 6) is -0.311. The standard InChI is InChI=1S/C31H36FN3O5S/c1-23(31(37)33-21-26-7-3-4-8-29(26)40-2)35(22-25-9-14-27(32)15-10-25)30(36)18-13-24-11-16-28(17-12-24)41(38,39)34-19-5-6-20-34/h3-4,7-12,14-17,23H,5-6,13,18-22H2,1-2H3,(H,33,37)/t23-/m1/s1. The van der Waals surface area contributed by atoms with Crippen LogP contribution in [0, 0.1) is 5.82 Å². The molecule has 1 aliphatic heterocycles. The lowest BCUT2D eigenvalue weighted by Gasteiger charge is -2.29. The third-order valence-electron chi connectivity index (χ3n) is 7.33. The van der Waals surface area contributed by atoms with Crippen LogP contribution in [0.5, 0.6) is 5.75 Å². The Kier molecular flexibility index (Phi) is 10.1. The number of ether oxygens (including phenoxy) is 1. The van der Waals surface area contributed by atoms with E-state index in [1.54, 1.807) is 50.4 Å². The molecule has 10 heteroatoms. The highest BCUT2D eigenvalue weighted by molar-refractivity contribution is 7.89. The van der Waals surface area contributed by atoms with Crippen LogP contribution in [0.25, 0.3) is 0 Å². The fourth-order valence-electron chi connectivity index (χ4n) is 4.85. The molecule has 3 aromatic carbocycles. The molecule has 41 heavy (non-hydrogen) atoms. The van der Waals surface area contributed by atoms with Gasteiger partial charge < -0.3 is 15.0 Å². The smallest absolute Gasteiger partial charge is 0.243 e. The molecule has 0 bridgehead atoms. The van der Waals surface area contributed by atoms with Gasteiger partial charge in [-0.2, -0.15) is 4.31 Å². The molecule has 0 unspecified atom stereocenters. The van der Waals surface area contributed by atoms with Crippen molar-refractivity contribution in [2.24, 2.45) is 0 Å². The molecule has 218 valence electrons. The summed E-state index contributed by atoms with van der Waals surface area (Å²) >= 11 is 0. The molecule has 1 aliphatic rings. The van der Waals surface area contributed by atoms with Crippen LogP contribution in [0.2, 0.25) is 0 Å². The molecule has 1 heterocycles. The summed E-state index contributed by atoms with van der Waals surface area (Å²) in [5.41, 5.74) is 2.32. The van der Waals surface area contributed by atoms with Gasteiger partial charge in [-0.1, -0.05) is 42.5 Å². The Labute approximate surface area is 241 Å². The summed E-state index contributed by atoms with van der Waals surface area (Å²) in [4.78, 5) is 28.3. The van der Waals surface area contributed by atoms with Gasteiger partial charge in [-0.05, 0) is 67.6 Å². The van der Waals surface area contributed by atoms with Gasteiger partial charge in [0.2, 0.25) is 21.8 Å². The molecule has 0 saturated carbocycles. The monoisotopic (exact) mass is 581 g/mol. The van der Waals surface area contributed by atoms with E-state index in [1.807, 2.05) is 24.3 Å². The molecular formula is C31H36FN3O5S. The Morgan fingerprint density at radius 3 is 2.27 bits per heavy atom. The van der Waals surface area contributed by atoms with Gasteiger partial charge in [0.05, 0.1) is 12.0 Å². The molecule has 4 rings (SSSR count). The van der Waals surface area contributed by atoms with E-state index < -0.39 is 16.1 Å². The fourth-order valence-corrected chi connectivity index (χ4v) is 6.37.